The van der Waals surface area contributed by atoms with Gasteiger partial charge in [0.15, 0.2) is 0 Å². The van der Waals surface area contributed by atoms with Gasteiger partial charge in [-0.2, -0.15) is 26.3 Å². The molecule has 0 heterocycles. The van der Waals surface area contributed by atoms with Gasteiger partial charge in [0.05, 0.1) is 11.1 Å². The van der Waals surface area contributed by atoms with Crippen molar-refractivity contribution in [2.75, 3.05) is 0 Å². The number of fused-ring (bicyclic) bond motifs is 3. The highest BCUT2D eigenvalue weighted by molar-refractivity contribution is 7.01. The van der Waals surface area contributed by atoms with E-state index in [-0.39, 0.29) is 0 Å². The van der Waals surface area contributed by atoms with Gasteiger partial charge in [-0.25, -0.2) is 0 Å². The second-order valence-corrected chi connectivity index (χ2v) is 20.0. The monoisotopic (exact) mass is 570 g/mol. The predicted molar refractivity (Wildman–Crippen MR) is 151 cm³/mol. The Morgan fingerprint density at radius 1 is 0.513 bits per heavy atom. The third-order valence-corrected chi connectivity index (χ3v) is 15.3. The van der Waals surface area contributed by atoms with E-state index in [2.05, 4.69) is 26.2 Å². The number of alkyl halides is 6. The summed E-state index contributed by atoms with van der Waals surface area (Å²) in [5.74, 6) is 0. The summed E-state index contributed by atoms with van der Waals surface area (Å²) in [5.41, 5.74) is 3.06. The molecular weight excluding hydrogens is 543 g/mol. The van der Waals surface area contributed by atoms with Gasteiger partial charge in [0.25, 0.3) is 0 Å². The summed E-state index contributed by atoms with van der Waals surface area (Å²) in [7, 11) is -5.06. The molecule has 0 N–H and O–H groups in total. The summed E-state index contributed by atoms with van der Waals surface area (Å²) < 4.78 is 81.0. The Kier molecular flexibility index (Phi) is 6.50. The molecule has 8 heteroatoms. The van der Waals surface area contributed by atoms with Gasteiger partial charge in [0, 0.05) is 0 Å². The SMILES string of the molecule is C[Si](C)(c1cccc(C(F)(F)F)c1)c1cccc2c1Cc1c-2cccc1[Si](C)(C)c1cccc(C(F)(F)F)c1. The second-order valence-electron chi connectivity index (χ2n) is 11.2. The smallest absolute Gasteiger partial charge is 0.166 e. The molecule has 0 unspecified atom stereocenters. The maximum atomic E-state index is 13.5. The van der Waals surface area contributed by atoms with E-state index >= 15 is 0 Å². The fourth-order valence-electron chi connectivity index (χ4n) is 5.89. The molecule has 0 atom stereocenters. The van der Waals surface area contributed by atoms with E-state index in [1.165, 1.54) is 24.3 Å². The van der Waals surface area contributed by atoms with E-state index in [1.54, 1.807) is 12.1 Å². The number of benzene rings is 4. The van der Waals surface area contributed by atoms with Gasteiger partial charge in [-0.15, -0.1) is 0 Å². The normalized spacial score (nSPS) is 13.8. The highest BCUT2D eigenvalue weighted by atomic mass is 28.3. The zero-order valence-electron chi connectivity index (χ0n) is 22.1. The largest absolute Gasteiger partial charge is 0.416 e. The fourth-order valence-corrected chi connectivity index (χ4v) is 11.5. The molecule has 0 saturated carbocycles. The van der Waals surface area contributed by atoms with Crippen molar-refractivity contribution >= 4 is 36.9 Å². The van der Waals surface area contributed by atoms with Crippen LogP contribution in [0.3, 0.4) is 0 Å². The number of hydrogen-bond acceptors (Lipinski definition) is 0. The van der Waals surface area contributed by atoms with Gasteiger partial charge in [-0.05, 0) is 28.7 Å². The van der Waals surface area contributed by atoms with E-state index < -0.39 is 39.6 Å². The Balaban J connectivity index is 1.60. The summed E-state index contributed by atoms with van der Waals surface area (Å²) in [4.78, 5) is 0. The highest BCUT2D eigenvalue weighted by Gasteiger charge is 2.38. The van der Waals surface area contributed by atoms with Crippen LogP contribution in [0.2, 0.25) is 26.2 Å². The minimum atomic E-state index is -4.41. The summed E-state index contributed by atoms with van der Waals surface area (Å²) >= 11 is 0. The topological polar surface area (TPSA) is 0 Å². The summed E-state index contributed by atoms with van der Waals surface area (Å²) in [6.45, 7) is 8.29. The minimum Gasteiger partial charge on any atom is -0.166 e. The molecule has 0 radical (unpaired) electrons. The van der Waals surface area contributed by atoms with Crippen molar-refractivity contribution < 1.29 is 26.3 Å². The van der Waals surface area contributed by atoms with Gasteiger partial charge < -0.3 is 0 Å². The molecule has 4 aromatic carbocycles. The Bertz CT molecular complexity index is 1450. The molecule has 0 amide bonds. The van der Waals surface area contributed by atoms with Gasteiger partial charge in [0.2, 0.25) is 0 Å². The van der Waals surface area contributed by atoms with E-state index in [1.807, 2.05) is 36.4 Å². The lowest BCUT2D eigenvalue weighted by molar-refractivity contribution is -0.138. The fraction of sp³-hybridized carbons (Fsp3) is 0.226. The second kappa shape index (κ2) is 9.23. The molecule has 0 aliphatic heterocycles. The maximum absolute atomic E-state index is 13.5. The zero-order valence-corrected chi connectivity index (χ0v) is 24.1. The lowest BCUT2D eigenvalue weighted by Gasteiger charge is -2.28. The molecule has 1 aliphatic rings. The van der Waals surface area contributed by atoms with Gasteiger partial charge in [-0.3, -0.25) is 0 Å². The van der Waals surface area contributed by atoms with Crippen molar-refractivity contribution in [3.05, 3.63) is 107 Å². The average molecular weight is 571 g/mol. The van der Waals surface area contributed by atoms with E-state index in [9.17, 15) is 26.3 Å². The standard InChI is InChI=1S/C31H28F6Si2/c1-38(2,22-11-5-9-20(17-22)30(32,33)34)28-15-7-13-24-25-14-8-16-29(27(25)19-26(24)28)39(3,4)23-12-6-10-21(18-23)31(35,36)37/h5-18H,19H2,1-4H3. The van der Waals surface area contributed by atoms with Crippen molar-refractivity contribution in [3.63, 3.8) is 0 Å². The number of halogens is 6. The van der Waals surface area contributed by atoms with E-state index in [0.29, 0.717) is 16.8 Å². The Morgan fingerprint density at radius 2 is 0.872 bits per heavy atom. The molecular formula is C31H28F6Si2. The quantitative estimate of drug-likeness (QED) is 0.162. The van der Waals surface area contributed by atoms with Crippen LogP contribution in [0.5, 0.6) is 0 Å². The van der Waals surface area contributed by atoms with Crippen molar-refractivity contribution in [1.29, 1.82) is 0 Å². The maximum Gasteiger partial charge on any atom is 0.416 e. The van der Waals surface area contributed by atoms with Crippen LogP contribution in [0.4, 0.5) is 26.3 Å². The molecule has 0 saturated heterocycles. The Hall–Kier alpha value is -3.11. The molecule has 0 aromatic heterocycles. The zero-order chi connectivity index (χ0) is 28.4. The average Bonchev–Trinajstić information content (AvgIpc) is 3.26. The molecule has 0 nitrogen and oxygen atoms in total. The molecule has 0 bridgehead atoms. The minimum absolute atomic E-state index is 0.613. The molecule has 0 fully saturated rings. The van der Waals surface area contributed by atoms with Crippen molar-refractivity contribution in [3.8, 4) is 11.1 Å². The lowest BCUT2D eigenvalue weighted by Crippen LogP contribution is -2.55. The third-order valence-electron chi connectivity index (χ3n) is 8.17. The Labute approximate surface area is 226 Å². The van der Waals surface area contributed by atoms with Crippen LogP contribution in [0.15, 0.2) is 84.9 Å². The van der Waals surface area contributed by atoms with Crippen LogP contribution >= 0.6 is 0 Å². The first-order chi connectivity index (χ1) is 18.1. The van der Waals surface area contributed by atoms with E-state index in [4.69, 9.17) is 0 Å². The summed E-state index contributed by atoms with van der Waals surface area (Å²) in [5, 5.41) is 3.58. The van der Waals surface area contributed by atoms with Crippen molar-refractivity contribution in [2.24, 2.45) is 0 Å². The van der Waals surface area contributed by atoms with E-state index in [0.717, 1.165) is 44.8 Å². The van der Waals surface area contributed by atoms with Gasteiger partial charge in [0.1, 0.15) is 16.1 Å². The van der Waals surface area contributed by atoms with Gasteiger partial charge >= 0.3 is 12.4 Å². The summed E-state index contributed by atoms with van der Waals surface area (Å²) in [6.07, 6.45) is -8.21. The van der Waals surface area contributed by atoms with Crippen LogP contribution in [-0.4, -0.2) is 16.1 Å². The van der Waals surface area contributed by atoms with Crippen LogP contribution in [0, 0.1) is 0 Å². The Morgan fingerprint density at radius 3 is 1.23 bits per heavy atom. The first-order valence-electron chi connectivity index (χ1n) is 12.7. The lowest BCUT2D eigenvalue weighted by atomic mass is 10.1. The highest BCUT2D eigenvalue weighted by Crippen LogP contribution is 2.37. The van der Waals surface area contributed by atoms with Crippen molar-refractivity contribution in [1.82, 2.24) is 0 Å². The molecule has 5 rings (SSSR count). The number of hydrogen-bond donors (Lipinski definition) is 0. The van der Waals surface area contributed by atoms with Crippen LogP contribution in [0.25, 0.3) is 11.1 Å². The summed E-state index contributed by atoms with van der Waals surface area (Å²) in [6, 6.07) is 23.4. The van der Waals surface area contributed by atoms with Crippen molar-refractivity contribution in [2.45, 2.75) is 45.0 Å². The van der Waals surface area contributed by atoms with Crippen LogP contribution in [-0.2, 0) is 18.8 Å². The van der Waals surface area contributed by atoms with Crippen LogP contribution in [0.1, 0.15) is 22.3 Å². The third kappa shape index (κ3) is 4.78. The van der Waals surface area contributed by atoms with Crippen LogP contribution < -0.4 is 20.7 Å². The number of rotatable bonds is 4. The molecule has 4 aromatic rings. The molecule has 39 heavy (non-hydrogen) atoms. The molecule has 1 aliphatic carbocycles. The molecule has 0 spiro atoms. The first kappa shape index (κ1) is 27.5. The predicted octanol–water partition coefficient (Wildman–Crippen LogP) is 6.94. The van der Waals surface area contributed by atoms with Gasteiger partial charge in [-0.1, -0.05) is 132 Å². The molecule has 202 valence electrons. The first-order valence-corrected chi connectivity index (χ1v) is 18.7.